The second kappa shape index (κ2) is 12.4. The molecule has 14 heteroatoms. The molecule has 3 aromatic carbocycles. The molecule has 1 amide bonds. The second-order valence-electron chi connectivity index (χ2n) is 10.5. The van der Waals surface area contributed by atoms with Crippen LogP contribution in [0.5, 0.6) is 17.2 Å². The van der Waals surface area contributed by atoms with Gasteiger partial charge in [-0.2, -0.15) is 5.10 Å². The highest BCUT2D eigenvalue weighted by Crippen LogP contribution is 2.33. The third kappa shape index (κ3) is 6.09. The molecule has 0 bridgehead atoms. The lowest BCUT2D eigenvalue weighted by atomic mass is 10.1. The van der Waals surface area contributed by atoms with E-state index in [1.54, 1.807) is 42.2 Å². The number of rotatable bonds is 10. The first-order chi connectivity index (χ1) is 21.7. The number of aromatic nitrogens is 3. The number of aromatic amines is 1. The molecule has 1 aliphatic rings. The normalized spacial score (nSPS) is 13.6. The predicted octanol–water partition coefficient (Wildman–Crippen LogP) is 5.37. The Labute approximate surface area is 258 Å². The summed E-state index contributed by atoms with van der Waals surface area (Å²) in [4.78, 5) is 34.5. The van der Waals surface area contributed by atoms with Crippen LogP contribution in [0.1, 0.15) is 34.5 Å². The molecule has 0 saturated carbocycles. The van der Waals surface area contributed by atoms with Crippen LogP contribution < -0.4 is 20.1 Å². The van der Waals surface area contributed by atoms with Gasteiger partial charge in [0.25, 0.3) is 0 Å². The first kappa shape index (κ1) is 29.8. The lowest BCUT2D eigenvalue weighted by molar-refractivity contribution is -0.127. The van der Waals surface area contributed by atoms with Crippen molar-refractivity contribution in [1.82, 2.24) is 19.7 Å². The molecular weight excluding hydrogens is 606 g/mol. The summed E-state index contributed by atoms with van der Waals surface area (Å²) in [6.07, 6.45) is 3.16. The van der Waals surface area contributed by atoms with Gasteiger partial charge in [0.15, 0.2) is 17.3 Å². The number of para-hydroxylation sites is 1. The number of nitrogens with two attached hydrogens (primary N) is 1. The number of benzene rings is 3. The van der Waals surface area contributed by atoms with Crippen molar-refractivity contribution in [3.8, 4) is 22.9 Å². The number of hydrogen-bond donors (Lipinski definition) is 3. The number of nitrogens with zero attached hydrogens (tertiary/aromatic N) is 3. The standard InChI is InChI=1S/C31H28F2N6O5S/c1-18-12-20(43-27-7-3-2-6-22(27)32)8-9-26(18)39-31(34)21(16-35-39)30(41)25-13-19-14-28(44-33)24(15-23(19)36-25)37-45(42)17-29(40)38-10-4-5-11-38/h2-3,6-9,12-16,36-37H,4-5,10-11,17,34H2,1H3. The Bertz CT molecular complexity index is 1950. The van der Waals surface area contributed by atoms with Crippen LogP contribution in [0, 0.1) is 12.7 Å². The highest BCUT2D eigenvalue weighted by atomic mass is 32.2. The third-order valence-electron chi connectivity index (χ3n) is 7.50. The number of ketones is 1. The molecule has 45 heavy (non-hydrogen) atoms. The van der Waals surface area contributed by atoms with Gasteiger partial charge in [0, 0.05) is 28.5 Å². The first-order valence-electron chi connectivity index (χ1n) is 14.0. The minimum absolute atomic E-state index is 0.0450. The van der Waals surface area contributed by atoms with Crippen molar-refractivity contribution in [2.75, 3.05) is 29.3 Å². The Morgan fingerprint density at radius 1 is 1.09 bits per heavy atom. The summed E-state index contributed by atoms with van der Waals surface area (Å²) in [6, 6.07) is 15.4. The van der Waals surface area contributed by atoms with Gasteiger partial charge in [0.2, 0.25) is 11.7 Å². The highest BCUT2D eigenvalue weighted by molar-refractivity contribution is 7.87. The van der Waals surface area contributed by atoms with Crippen LogP contribution in [0.2, 0.25) is 0 Å². The topological polar surface area (TPSA) is 145 Å². The van der Waals surface area contributed by atoms with Crippen molar-refractivity contribution >= 4 is 45.1 Å². The van der Waals surface area contributed by atoms with Crippen molar-refractivity contribution < 1.29 is 32.4 Å². The van der Waals surface area contributed by atoms with Crippen molar-refractivity contribution in [2.45, 2.75) is 19.8 Å². The second-order valence-corrected chi connectivity index (χ2v) is 11.7. The molecule has 2 aromatic heterocycles. The first-order valence-corrected chi connectivity index (χ1v) is 15.3. The summed E-state index contributed by atoms with van der Waals surface area (Å²) in [5.41, 5.74) is 8.40. The number of carbonyl (C=O) groups excluding carboxylic acids is 2. The summed E-state index contributed by atoms with van der Waals surface area (Å²) >= 11 is 0. The molecule has 0 aliphatic carbocycles. The summed E-state index contributed by atoms with van der Waals surface area (Å²) in [5.74, 6) is -1.17. The summed E-state index contributed by atoms with van der Waals surface area (Å²) in [7, 11) is -1.84. The number of nitrogens with one attached hydrogen (secondary N) is 2. The monoisotopic (exact) mass is 634 g/mol. The van der Waals surface area contributed by atoms with E-state index in [4.69, 9.17) is 10.5 Å². The zero-order valence-electron chi connectivity index (χ0n) is 24.0. The van der Waals surface area contributed by atoms with E-state index in [0.717, 1.165) is 12.8 Å². The summed E-state index contributed by atoms with van der Waals surface area (Å²) in [6.45, 7) is 3.05. The Hall–Kier alpha value is -5.24. The molecule has 6 rings (SSSR count). The Kier molecular flexibility index (Phi) is 8.22. The van der Waals surface area contributed by atoms with Crippen molar-refractivity contribution in [3.63, 3.8) is 0 Å². The van der Waals surface area contributed by atoms with E-state index in [0.29, 0.717) is 41.0 Å². The van der Waals surface area contributed by atoms with Gasteiger partial charge in [-0.3, -0.25) is 14.5 Å². The average Bonchev–Trinajstić information content (AvgIpc) is 3.78. The number of H-pyrrole nitrogens is 1. The zero-order chi connectivity index (χ0) is 31.7. The molecule has 3 heterocycles. The van der Waals surface area contributed by atoms with Crippen molar-refractivity contribution in [2.24, 2.45) is 0 Å². The maximum atomic E-state index is 14.0. The van der Waals surface area contributed by atoms with Gasteiger partial charge in [-0.05, 0) is 73.9 Å². The molecule has 1 fully saturated rings. The van der Waals surface area contributed by atoms with Crippen LogP contribution in [0.3, 0.4) is 0 Å². The number of ether oxygens (including phenoxy) is 1. The van der Waals surface area contributed by atoms with Gasteiger partial charge >= 0.3 is 0 Å². The lowest BCUT2D eigenvalue weighted by Crippen LogP contribution is -2.33. The third-order valence-corrected chi connectivity index (χ3v) is 8.45. The van der Waals surface area contributed by atoms with Gasteiger partial charge in [-0.15, -0.1) is 0 Å². The number of likely N-dealkylation sites (tertiary alicyclic amines) is 1. The maximum Gasteiger partial charge on any atom is 0.237 e. The lowest BCUT2D eigenvalue weighted by Gasteiger charge is -2.15. The molecule has 11 nitrogen and oxygen atoms in total. The van der Waals surface area contributed by atoms with E-state index >= 15 is 0 Å². The predicted molar refractivity (Wildman–Crippen MR) is 165 cm³/mol. The van der Waals surface area contributed by atoms with Crippen LogP contribution in [0.4, 0.5) is 20.4 Å². The molecule has 5 aromatic rings. The fourth-order valence-corrected chi connectivity index (χ4v) is 6.09. The maximum absolute atomic E-state index is 14.0. The molecule has 232 valence electrons. The summed E-state index contributed by atoms with van der Waals surface area (Å²) in [5, 5.41) is 4.76. The van der Waals surface area contributed by atoms with E-state index in [2.05, 4.69) is 19.7 Å². The molecular formula is C31H28F2N6O5S. The van der Waals surface area contributed by atoms with Crippen molar-refractivity contribution in [1.29, 1.82) is 0 Å². The van der Waals surface area contributed by atoms with E-state index < -0.39 is 22.6 Å². The Morgan fingerprint density at radius 2 is 1.87 bits per heavy atom. The molecule has 1 unspecified atom stereocenters. The zero-order valence-corrected chi connectivity index (χ0v) is 24.8. The highest BCUT2D eigenvalue weighted by Gasteiger charge is 2.23. The minimum atomic E-state index is -1.84. The number of nitrogen functional groups attached to an aromatic ring is 1. The van der Waals surface area contributed by atoms with Gasteiger partial charge in [-0.1, -0.05) is 12.1 Å². The number of hydrogen-bond acceptors (Lipinski definition) is 7. The fraction of sp³-hybridized carbons (Fsp3) is 0.194. The molecule has 4 N–H and O–H groups in total. The van der Waals surface area contributed by atoms with Crippen LogP contribution in [0.25, 0.3) is 16.6 Å². The van der Waals surface area contributed by atoms with Gasteiger partial charge in [0.05, 0.1) is 28.8 Å². The number of halogens is 2. The average molecular weight is 635 g/mol. The SMILES string of the molecule is Cc1cc(Oc2ccccc2F)ccc1-n1ncc(C(=O)c2cc3cc(OF)c(NS(=O)CC(=O)N4CCCC4)cc3[nH]2)c1N. The van der Waals surface area contributed by atoms with Gasteiger partial charge in [0.1, 0.15) is 28.3 Å². The number of carbonyl (C=O) groups is 2. The molecule has 0 spiro atoms. The quantitative estimate of drug-likeness (QED) is 0.175. The van der Waals surface area contributed by atoms with Crippen LogP contribution in [-0.2, 0) is 15.8 Å². The van der Waals surface area contributed by atoms with E-state index in [-0.39, 0.29) is 45.9 Å². The van der Waals surface area contributed by atoms with Gasteiger partial charge < -0.3 is 25.1 Å². The van der Waals surface area contributed by atoms with E-state index in [1.165, 1.54) is 41.2 Å². The van der Waals surface area contributed by atoms with Crippen LogP contribution >= 0.6 is 0 Å². The number of aryl methyl sites for hydroxylation is 1. The molecule has 0 radical (unpaired) electrons. The summed E-state index contributed by atoms with van der Waals surface area (Å²) < 4.78 is 49.8. The molecule has 1 atom stereocenters. The van der Waals surface area contributed by atoms with Crippen LogP contribution in [-0.4, -0.2) is 54.4 Å². The van der Waals surface area contributed by atoms with Crippen LogP contribution in [0.15, 0.2) is 66.9 Å². The smallest absolute Gasteiger partial charge is 0.237 e. The molecule has 1 aliphatic heterocycles. The number of fused-ring (bicyclic) bond motifs is 1. The van der Waals surface area contributed by atoms with E-state index in [1.807, 2.05) is 0 Å². The minimum Gasteiger partial charge on any atom is -0.454 e. The van der Waals surface area contributed by atoms with Crippen molar-refractivity contribution in [3.05, 3.63) is 89.5 Å². The van der Waals surface area contributed by atoms with Gasteiger partial charge in [-0.25, -0.2) is 13.3 Å². The Morgan fingerprint density at radius 3 is 2.60 bits per heavy atom. The van der Waals surface area contributed by atoms with E-state index in [9.17, 15) is 22.7 Å². The molecule has 1 saturated heterocycles. The number of amides is 1. The fourth-order valence-electron chi connectivity index (χ4n) is 5.21. The Balaban J connectivity index is 1.21. The largest absolute Gasteiger partial charge is 0.454 e. The number of anilines is 2.